The van der Waals surface area contributed by atoms with Crippen LogP contribution in [0.3, 0.4) is 0 Å². The van der Waals surface area contributed by atoms with Gasteiger partial charge in [0, 0.05) is 71.6 Å². The molecule has 4 aromatic rings. The van der Waals surface area contributed by atoms with Crippen molar-refractivity contribution in [3.05, 3.63) is 41.1 Å². The molecule has 5 rings (SSSR count). The van der Waals surface area contributed by atoms with E-state index < -0.39 is 0 Å². The maximum Gasteiger partial charge on any atom is 0.265 e. The van der Waals surface area contributed by atoms with Gasteiger partial charge in [-0.2, -0.15) is 10.1 Å². The topological polar surface area (TPSA) is 88.2 Å². The van der Waals surface area contributed by atoms with Gasteiger partial charge in [-0.3, -0.25) is 14.0 Å². The summed E-state index contributed by atoms with van der Waals surface area (Å²) in [4.78, 5) is 32.7. The van der Waals surface area contributed by atoms with Crippen molar-refractivity contribution >= 4 is 39.4 Å². The lowest BCUT2D eigenvalue weighted by Gasteiger charge is -2.37. The molecule has 3 aromatic heterocycles. The van der Waals surface area contributed by atoms with Gasteiger partial charge < -0.3 is 14.7 Å². The van der Waals surface area contributed by atoms with E-state index >= 15 is 0 Å². The summed E-state index contributed by atoms with van der Waals surface area (Å²) in [5.41, 5.74) is 2.51. The zero-order chi connectivity index (χ0) is 21.7. The maximum absolute atomic E-state index is 12.7. The Morgan fingerprint density at radius 2 is 1.71 bits per heavy atom. The smallest absolute Gasteiger partial charge is 0.265 e. The van der Waals surface area contributed by atoms with Crippen molar-refractivity contribution in [2.75, 3.05) is 55.0 Å². The molecule has 1 fully saturated rings. The van der Waals surface area contributed by atoms with Gasteiger partial charge in [-0.05, 0) is 18.2 Å². The fourth-order valence-corrected chi connectivity index (χ4v) is 4.18. The molecule has 160 valence electrons. The van der Waals surface area contributed by atoms with Crippen LogP contribution in [0.25, 0.3) is 21.9 Å². The second-order valence-electron chi connectivity index (χ2n) is 8.08. The molecule has 0 radical (unpaired) electrons. The maximum atomic E-state index is 12.7. The number of hydrogen-bond acceptors (Lipinski definition) is 8. The van der Waals surface area contributed by atoms with Gasteiger partial charge in [0.1, 0.15) is 17.5 Å². The molecule has 0 atom stereocenters. The second kappa shape index (κ2) is 7.22. The fraction of sp³-hybridized carbons (Fsp3) is 0.381. The van der Waals surface area contributed by atoms with E-state index in [1.165, 1.54) is 0 Å². The number of anilines is 3. The fourth-order valence-electron chi connectivity index (χ4n) is 4.18. The summed E-state index contributed by atoms with van der Waals surface area (Å²) in [6, 6.07) is 6.32. The summed E-state index contributed by atoms with van der Waals surface area (Å²) < 4.78 is 3.25. The van der Waals surface area contributed by atoms with E-state index in [-0.39, 0.29) is 5.56 Å². The van der Waals surface area contributed by atoms with Crippen LogP contribution in [0.5, 0.6) is 0 Å². The van der Waals surface area contributed by atoms with Crippen LogP contribution in [0.2, 0.25) is 0 Å². The van der Waals surface area contributed by atoms with Crippen LogP contribution in [0, 0.1) is 0 Å². The average Bonchev–Trinajstić information content (AvgIpc) is 3.16. The van der Waals surface area contributed by atoms with E-state index in [1.807, 2.05) is 25.1 Å². The van der Waals surface area contributed by atoms with Gasteiger partial charge in [-0.15, -0.1) is 0 Å². The molecule has 0 N–H and O–H groups in total. The third kappa shape index (κ3) is 3.24. The van der Waals surface area contributed by atoms with Crippen molar-refractivity contribution in [2.24, 2.45) is 14.1 Å². The molecule has 31 heavy (non-hydrogen) atoms. The van der Waals surface area contributed by atoms with Crippen molar-refractivity contribution in [3.8, 4) is 0 Å². The Kier molecular flexibility index (Phi) is 4.49. The SMILES string of the molecule is CN(C)c1ncnc2ccc(N3CCN(c4nc5nn(C)cc5c(=O)n4C)CC3)cc12. The quantitative estimate of drug-likeness (QED) is 0.486. The monoisotopic (exact) mass is 419 g/mol. The molecule has 0 unspecified atom stereocenters. The summed E-state index contributed by atoms with van der Waals surface area (Å²) in [5, 5.41) is 5.91. The van der Waals surface area contributed by atoms with Crippen molar-refractivity contribution in [2.45, 2.75) is 0 Å². The average molecular weight is 419 g/mol. The first-order chi connectivity index (χ1) is 14.9. The Bertz CT molecular complexity index is 1330. The highest BCUT2D eigenvalue weighted by Gasteiger charge is 2.22. The Morgan fingerprint density at radius 1 is 0.968 bits per heavy atom. The van der Waals surface area contributed by atoms with Gasteiger partial charge in [0.15, 0.2) is 5.65 Å². The van der Waals surface area contributed by atoms with Crippen LogP contribution in [0.4, 0.5) is 17.5 Å². The first-order valence-corrected chi connectivity index (χ1v) is 10.2. The molecule has 1 saturated heterocycles. The van der Waals surface area contributed by atoms with Gasteiger partial charge in [0.05, 0.1) is 5.52 Å². The molecule has 0 amide bonds. The number of hydrogen-bond donors (Lipinski definition) is 0. The number of aryl methyl sites for hydroxylation is 1. The van der Waals surface area contributed by atoms with Gasteiger partial charge >= 0.3 is 0 Å². The number of benzene rings is 1. The van der Waals surface area contributed by atoms with Crippen molar-refractivity contribution < 1.29 is 0 Å². The Hall–Kier alpha value is -3.69. The number of aromatic nitrogens is 6. The lowest BCUT2D eigenvalue weighted by atomic mass is 10.1. The molecular formula is C21H25N9O. The zero-order valence-electron chi connectivity index (χ0n) is 18.1. The predicted octanol–water partition coefficient (Wildman–Crippen LogP) is 1.00. The Labute approximate surface area is 179 Å². The molecule has 1 aromatic carbocycles. The largest absolute Gasteiger partial charge is 0.368 e. The van der Waals surface area contributed by atoms with E-state index in [1.54, 1.807) is 35.9 Å². The van der Waals surface area contributed by atoms with E-state index in [4.69, 9.17) is 0 Å². The summed E-state index contributed by atoms with van der Waals surface area (Å²) in [6.45, 7) is 3.18. The number of nitrogens with zero attached hydrogens (tertiary/aromatic N) is 9. The normalized spacial score (nSPS) is 14.6. The van der Waals surface area contributed by atoms with Crippen molar-refractivity contribution in [1.29, 1.82) is 0 Å². The zero-order valence-corrected chi connectivity index (χ0v) is 18.1. The summed E-state index contributed by atoms with van der Waals surface area (Å²) >= 11 is 0. The minimum Gasteiger partial charge on any atom is -0.368 e. The van der Waals surface area contributed by atoms with Gasteiger partial charge in [-0.25, -0.2) is 9.97 Å². The highest BCUT2D eigenvalue weighted by atomic mass is 16.1. The molecule has 10 heteroatoms. The van der Waals surface area contributed by atoms with E-state index in [0.29, 0.717) is 17.0 Å². The molecule has 0 bridgehead atoms. The minimum absolute atomic E-state index is 0.0683. The highest BCUT2D eigenvalue weighted by Crippen LogP contribution is 2.27. The molecule has 4 heterocycles. The van der Waals surface area contributed by atoms with Gasteiger partial charge in [0.2, 0.25) is 5.95 Å². The molecule has 0 saturated carbocycles. The molecular weight excluding hydrogens is 394 g/mol. The number of piperazine rings is 1. The van der Waals surface area contributed by atoms with Crippen molar-refractivity contribution in [3.63, 3.8) is 0 Å². The summed E-state index contributed by atoms with van der Waals surface area (Å²) in [6.07, 6.45) is 3.32. The number of rotatable bonds is 3. The molecule has 0 spiro atoms. The van der Waals surface area contributed by atoms with Crippen LogP contribution < -0.4 is 20.3 Å². The van der Waals surface area contributed by atoms with E-state index in [0.717, 1.165) is 48.6 Å². The van der Waals surface area contributed by atoms with Crippen LogP contribution >= 0.6 is 0 Å². The minimum atomic E-state index is -0.0683. The van der Waals surface area contributed by atoms with Crippen LogP contribution in [0.15, 0.2) is 35.5 Å². The third-order valence-corrected chi connectivity index (χ3v) is 5.80. The van der Waals surface area contributed by atoms with E-state index in [9.17, 15) is 4.79 Å². The standard InChI is InChI=1S/C21H25N9O/c1-26(2)19-15-11-14(5-6-17(15)22-13-23-19)29-7-9-30(10-8-29)21-24-18-16(12-27(3)25-18)20(31)28(21)4/h5-6,11-13H,7-10H2,1-4H3. The van der Waals surface area contributed by atoms with Crippen LogP contribution in [-0.2, 0) is 14.1 Å². The summed E-state index contributed by atoms with van der Waals surface area (Å²) in [7, 11) is 7.55. The number of fused-ring (bicyclic) bond motifs is 2. The molecule has 1 aliphatic rings. The Balaban J connectivity index is 1.41. The third-order valence-electron chi connectivity index (χ3n) is 5.80. The predicted molar refractivity (Wildman–Crippen MR) is 122 cm³/mol. The second-order valence-corrected chi connectivity index (χ2v) is 8.08. The Morgan fingerprint density at radius 3 is 2.45 bits per heavy atom. The first kappa shape index (κ1) is 19.3. The lowest BCUT2D eigenvalue weighted by molar-refractivity contribution is 0.623. The molecule has 10 nitrogen and oxygen atoms in total. The summed E-state index contributed by atoms with van der Waals surface area (Å²) in [5.74, 6) is 1.58. The van der Waals surface area contributed by atoms with Gasteiger partial charge in [0.25, 0.3) is 5.56 Å². The highest BCUT2D eigenvalue weighted by molar-refractivity contribution is 5.91. The van der Waals surface area contributed by atoms with E-state index in [2.05, 4.69) is 42.0 Å². The van der Waals surface area contributed by atoms with Crippen LogP contribution in [0.1, 0.15) is 0 Å². The lowest BCUT2D eigenvalue weighted by Crippen LogP contribution is -2.48. The molecule has 1 aliphatic heterocycles. The van der Waals surface area contributed by atoms with Crippen molar-refractivity contribution in [1.82, 2.24) is 29.3 Å². The van der Waals surface area contributed by atoms with Gasteiger partial charge in [-0.1, -0.05) is 0 Å². The molecule has 0 aliphatic carbocycles. The first-order valence-electron chi connectivity index (χ1n) is 10.2. The van der Waals surface area contributed by atoms with Crippen LogP contribution in [-0.4, -0.2) is 69.6 Å².